The Morgan fingerprint density at radius 1 is 0.968 bits per heavy atom. The van der Waals surface area contributed by atoms with Crippen LogP contribution in [0.2, 0.25) is 0 Å². The van der Waals surface area contributed by atoms with Crippen LogP contribution in [0.1, 0.15) is 83.5 Å². The second-order valence-electron chi connectivity index (χ2n) is 8.72. The molecule has 0 aromatic carbocycles. The van der Waals surface area contributed by atoms with Gasteiger partial charge < -0.3 is 26.2 Å². The highest BCUT2D eigenvalue weighted by atomic mass is 32.2. The number of aliphatic carboxylic acids is 2. The van der Waals surface area contributed by atoms with Gasteiger partial charge >= 0.3 is 18.0 Å². The monoisotopic (exact) mass is 457 g/mol. The molecule has 0 aromatic heterocycles. The van der Waals surface area contributed by atoms with E-state index in [-0.39, 0.29) is 24.5 Å². The smallest absolute Gasteiger partial charge is 0.320 e. The van der Waals surface area contributed by atoms with Crippen molar-refractivity contribution in [2.45, 2.75) is 107 Å². The van der Waals surface area contributed by atoms with Crippen LogP contribution in [0.25, 0.3) is 0 Å². The zero-order valence-corrected chi connectivity index (χ0v) is 19.3. The Bertz CT molecular complexity index is 577. The Hall–Kier alpha value is -1.48. The highest BCUT2D eigenvalue weighted by Crippen LogP contribution is 2.33. The first-order valence-corrected chi connectivity index (χ1v) is 12.9. The molecule has 2 heterocycles. The lowest BCUT2D eigenvalue weighted by molar-refractivity contribution is -0.140. The molecular weight excluding hydrogens is 418 g/mol. The zero-order chi connectivity index (χ0) is 22.5. The zero-order valence-electron chi connectivity index (χ0n) is 18.4. The number of urea groups is 1. The first-order valence-electron chi connectivity index (χ1n) is 11.8. The number of carboxylic acids is 2. The molecule has 0 aromatic rings. The summed E-state index contributed by atoms with van der Waals surface area (Å²) in [6.07, 6.45) is 12.3. The van der Waals surface area contributed by atoms with Gasteiger partial charge in [0.2, 0.25) is 0 Å². The fourth-order valence-electron chi connectivity index (χ4n) is 4.39. The van der Waals surface area contributed by atoms with Crippen LogP contribution in [0.4, 0.5) is 4.79 Å². The summed E-state index contributed by atoms with van der Waals surface area (Å²) >= 11 is 1.87. The van der Waals surface area contributed by atoms with Crippen molar-refractivity contribution in [2.75, 3.05) is 12.3 Å². The third-order valence-corrected chi connectivity index (χ3v) is 7.68. The third-order valence-electron chi connectivity index (χ3n) is 6.18. The van der Waals surface area contributed by atoms with E-state index in [1.54, 1.807) is 0 Å². The standard InChI is InChI=1S/C22H39N3O5S/c26-19(27)13-8-6-4-2-1-3-5-7-9-14-23-16(21(28)29)11-10-12-18-20-17(15-31-18)24-22(30)25-20/h16-18,20,23H,1-15H2,(H,26,27)(H,28,29)(H2,24,25,30)/t16?,17-,18-,20-/m0/s1. The molecule has 2 fully saturated rings. The minimum atomic E-state index is -0.782. The van der Waals surface area contributed by atoms with Gasteiger partial charge in [-0.2, -0.15) is 11.8 Å². The molecule has 1 unspecified atom stereocenters. The van der Waals surface area contributed by atoms with Crippen molar-refractivity contribution in [2.24, 2.45) is 0 Å². The molecule has 2 aliphatic rings. The van der Waals surface area contributed by atoms with Crippen LogP contribution in [0.5, 0.6) is 0 Å². The molecule has 31 heavy (non-hydrogen) atoms. The Kier molecular flexibility index (Phi) is 12.1. The number of carbonyl (C=O) groups is 3. The van der Waals surface area contributed by atoms with E-state index in [4.69, 9.17) is 5.11 Å². The molecule has 0 aliphatic carbocycles. The molecule has 2 saturated heterocycles. The minimum Gasteiger partial charge on any atom is -0.481 e. The second kappa shape index (κ2) is 14.6. The lowest BCUT2D eigenvalue weighted by Gasteiger charge is -2.18. The van der Waals surface area contributed by atoms with Gasteiger partial charge in [0.05, 0.1) is 12.1 Å². The Morgan fingerprint density at radius 2 is 1.61 bits per heavy atom. The number of amides is 2. The van der Waals surface area contributed by atoms with Crippen molar-refractivity contribution in [3.05, 3.63) is 0 Å². The first kappa shape index (κ1) is 25.8. The molecule has 0 bridgehead atoms. The van der Waals surface area contributed by atoms with Crippen LogP contribution < -0.4 is 16.0 Å². The van der Waals surface area contributed by atoms with E-state index >= 15 is 0 Å². The van der Waals surface area contributed by atoms with Crippen molar-refractivity contribution in [1.29, 1.82) is 0 Å². The highest BCUT2D eigenvalue weighted by Gasteiger charge is 2.42. The molecule has 8 nitrogen and oxygen atoms in total. The molecule has 0 radical (unpaired) electrons. The van der Waals surface area contributed by atoms with Crippen LogP contribution in [-0.4, -0.2) is 63.9 Å². The van der Waals surface area contributed by atoms with Crippen LogP contribution >= 0.6 is 11.8 Å². The molecule has 9 heteroatoms. The number of rotatable bonds is 18. The van der Waals surface area contributed by atoms with Gasteiger partial charge in [0.1, 0.15) is 6.04 Å². The lowest BCUT2D eigenvalue weighted by Crippen LogP contribution is -2.38. The number of hydrogen-bond donors (Lipinski definition) is 5. The molecule has 0 saturated carbocycles. The summed E-state index contributed by atoms with van der Waals surface area (Å²) in [6.45, 7) is 0.731. The van der Waals surface area contributed by atoms with E-state index < -0.39 is 18.0 Å². The van der Waals surface area contributed by atoms with E-state index in [0.717, 1.165) is 63.7 Å². The molecular formula is C22H39N3O5S. The topological polar surface area (TPSA) is 128 Å². The normalized spacial score (nSPS) is 23.2. The summed E-state index contributed by atoms with van der Waals surface area (Å²) in [4.78, 5) is 33.4. The Balaban J connectivity index is 1.44. The predicted octanol–water partition coefficient (Wildman–Crippen LogP) is 3.35. The van der Waals surface area contributed by atoms with E-state index in [0.29, 0.717) is 11.7 Å². The molecule has 0 spiro atoms. The van der Waals surface area contributed by atoms with Crippen molar-refractivity contribution >= 4 is 29.7 Å². The fourth-order valence-corrected chi connectivity index (χ4v) is 5.94. The molecule has 2 rings (SSSR count). The van der Waals surface area contributed by atoms with Crippen molar-refractivity contribution in [3.63, 3.8) is 0 Å². The lowest BCUT2D eigenvalue weighted by atomic mass is 10.0. The largest absolute Gasteiger partial charge is 0.481 e. The molecule has 178 valence electrons. The number of hydrogen-bond acceptors (Lipinski definition) is 5. The number of carbonyl (C=O) groups excluding carboxylic acids is 1. The summed E-state index contributed by atoms with van der Waals surface area (Å²) in [5.74, 6) is -0.559. The van der Waals surface area contributed by atoms with E-state index in [1.807, 2.05) is 11.8 Å². The molecule has 2 aliphatic heterocycles. The SMILES string of the molecule is O=C(O)CCCCCCCCCCCNC(CCC[C@@H]1SC[C@@H]2NC(=O)N[C@@H]21)C(=O)O. The third kappa shape index (κ3) is 10.1. The van der Waals surface area contributed by atoms with Gasteiger partial charge in [-0.15, -0.1) is 0 Å². The van der Waals surface area contributed by atoms with Gasteiger partial charge in [-0.05, 0) is 32.2 Å². The van der Waals surface area contributed by atoms with Gasteiger partial charge in [-0.25, -0.2) is 4.79 Å². The minimum absolute atomic E-state index is 0.0823. The van der Waals surface area contributed by atoms with Gasteiger partial charge in [0, 0.05) is 17.4 Å². The number of unbranched alkanes of at least 4 members (excludes halogenated alkanes) is 8. The van der Waals surface area contributed by atoms with Crippen molar-refractivity contribution in [3.8, 4) is 0 Å². The number of carboxylic acid groups (broad SMARTS) is 2. The maximum Gasteiger partial charge on any atom is 0.320 e. The molecule has 4 atom stereocenters. The van der Waals surface area contributed by atoms with Crippen LogP contribution in [-0.2, 0) is 9.59 Å². The summed E-state index contributed by atoms with van der Waals surface area (Å²) < 4.78 is 0. The first-order chi connectivity index (χ1) is 15.0. The summed E-state index contributed by atoms with van der Waals surface area (Å²) in [5, 5.41) is 27.6. The van der Waals surface area contributed by atoms with Crippen molar-refractivity contribution < 1.29 is 24.6 Å². The van der Waals surface area contributed by atoms with Gasteiger partial charge in [-0.3, -0.25) is 9.59 Å². The van der Waals surface area contributed by atoms with Crippen molar-refractivity contribution in [1.82, 2.24) is 16.0 Å². The number of thioether (sulfide) groups is 1. The van der Waals surface area contributed by atoms with Gasteiger partial charge in [0.25, 0.3) is 0 Å². The summed E-state index contributed by atoms with van der Waals surface area (Å²) in [5.41, 5.74) is 0. The quantitative estimate of drug-likeness (QED) is 0.158. The van der Waals surface area contributed by atoms with Crippen LogP contribution in [0.3, 0.4) is 0 Å². The number of nitrogens with one attached hydrogen (secondary N) is 3. The maximum absolute atomic E-state index is 11.5. The van der Waals surface area contributed by atoms with Crippen LogP contribution in [0, 0.1) is 0 Å². The second-order valence-corrected chi connectivity index (χ2v) is 10.00. The molecule has 2 amide bonds. The van der Waals surface area contributed by atoms with E-state index in [9.17, 15) is 19.5 Å². The predicted molar refractivity (Wildman–Crippen MR) is 123 cm³/mol. The summed E-state index contributed by atoms with van der Waals surface area (Å²) in [7, 11) is 0. The van der Waals surface area contributed by atoms with Crippen LogP contribution in [0.15, 0.2) is 0 Å². The highest BCUT2D eigenvalue weighted by molar-refractivity contribution is 8.00. The number of fused-ring (bicyclic) bond motifs is 1. The Labute approximate surface area is 189 Å². The maximum atomic E-state index is 11.5. The average molecular weight is 458 g/mol. The van der Waals surface area contributed by atoms with E-state index in [1.165, 1.54) is 19.3 Å². The average Bonchev–Trinajstić information content (AvgIpc) is 3.26. The Morgan fingerprint density at radius 3 is 2.26 bits per heavy atom. The van der Waals surface area contributed by atoms with Gasteiger partial charge in [-0.1, -0.05) is 51.4 Å². The fraction of sp³-hybridized carbons (Fsp3) is 0.864. The molecule has 5 N–H and O–H groups in total. The van der Waals surface area contributed by atoms with E-state index in [2.05, 4.69) is 16.0 Å². The van der Waals surface area contributed by atoms with Gasteiger partial charge in [0.15, 0.2) is 0 Å². The summed E-state index contributed by atoms with van der Waals surface area (Å²) in [6, 6.07) is -0.184.